The molecule has 0 heterocycles. The molecule has 128 valence electrons. The topological polar surface area (TPSA) is 47.6 Å². The average molecular weight is 335 g/mol. The molecule has 0 radical (unpaired) electrons. The summed E-state index contributed by atoms with van der Waals surface area (Å²) in [5, 5.41) is 5.13. The number of rotatable bonds is 7. The third kappa shape index (κ3) is 4.73. The highest BCUT2D eigenvalue weighted by Gasteiger charge is 2.13. The highest BCUT2D eigenvalue weighted by molar-refractivity contribution is 5.83. The maximum Gasteiger partial charge on any atom is 0.260 e. The zero-order chi connectivity index (χ0) is 17.5. The summed E-state index contributed by atoms with van der Waals surface area (Å²) < 4.78 is 11.3. The van der Waals surface area contributed by atoms with Crippen molar-refractivity contribution in [3.05, 3.63) is 72.8 Å². The fourth-order valence-corrected chi connectivity index (χ4v) is 2.50. The van der Waals surface area contributed by atoms with Crippen LogP contribution in [0.3, 0.4) is 0 Å². The minimum absolute atomic E-state index is 0.161. The van der Waals surface area contributed by atoms with Gasteiger partial charge in [-0.15, -0.1) is 0 Å². The fraction of sp³-hybridized carbons (Fsp3) is 0.190. The lowest BCUT2D eigenvalue weighted by Crippen LogP contribution is -2.38. The van der Waals surface area contributed by atoms with E-state index in [1.165, 1.54) is 5.39 Å². The molecule has 0 bridgehead atoms. The highest BCUT2D eigenvalue weighted by atomic mass is 16.5. The Morgan fingerprint density at radius 2 is 1.64 bits per heavy atom. The predicted molar refractivity (Wildman–Crippen MR) is 99.0 cm³/mol. The van der Waals surface area contributed by atoms with Crippen molar-refractivity contribution in [2.45, 2.75) is 13.0 Å². The van der Waals surface area contributed by atoms with Gasteiger partial charge in [-0.3, -0.25) is 4.79 Å². The molecule has 4 heteroatoms. The Balaban J connectivity index is 1.43. The molecule has 0 aliphatic carbocycles. The SMILES string of the molecule is C[C@H](Oc1ccccc1)C(=O)NCCOc1ccc2ccccc2c1. The fourth-order valence-electron chi connectivity index (χ4n) is 2.50. The maximum atomic E-state index is 12.0. The summed E-state index contributed by atoms with van der Waals surface area (Å²) >= 11 is 0. The second-order valence-corrected chi connectivity index (χ2v) is 5.72. The number of carbonyl (C=O) groups is 1. The van der Waals surface area contributed by atoms with Crippen LogP contribution >= 0.6 is 0 Å². The predicted octanol–water partition coefficient (Wildman–Crippen LogP) is 3.80. The van der Waals surface area contributed by atoms with Gasteiger partial charge in [-0.1, -0.05) is 48.5 Å². The van der Waals surface area contributed by atoms with Crippen molar-refractivity contribution in [2.24, 2.45) is 0 Å². The van der Waals surface area contributed by atoms with Crippen LogP contribution in [-0.4, -0.2) is 25.2 Å². The van der Waals surface area contributed by atoms with Crippen LogP contribution in [0, 0.1) is 0 Å². The summed E-state index contributed by atoms with van der Waals surface area (Å²) in [6, 6.07) is 23.4. The third-order valence-corrected chi connectivity index (χ3v) is 3.82. The van der Waals surface area contributed by atoms with Crippen LogP contribution in [0.15, 0.2) is 72.8 Å². The second-order valence-electron chi connectivity index (χ2n) is 5.72. The largest absolute Gasteiger partial charge is 0.492 e. The molecule has 1 atom stereocenters. The third-order valence-electron chi connectivity index (χ3n) is 3.82. The molecule has 4 nitrogen and oxygen atoms in total. The first-order valence-corrected chi connectivity index (χ1v) is 8.33. The standard InChI is InChI=1S/C21H21NO3/c1-16(25-19-9-3-2-4-10-19)21(23)22-13-14-24-20-12-11-17-7-5-6-8-18(17)15-20/h2-12,15-16H,13-14H2,1H3,(H,22,23)/t16-/m0/s1. The number of hydrogen-bond acceptors (Lipinski definition) is 3. The van der Waals surface area contributed by atoms with E-state index < -0.39 is 6.10 Å². The summed E-state index contributed by atoms with van der Waals surface area (Å²) in [5.41, 5.74) is 0. The number of para-hydroxylation sites is 1. The van der Waals surface area contributed by atoms with E-state index in [-0.39, 0.29) is 5.91 Å². The van der Waals surface area contributed by atoms with E-state index in [4.69, 9.17) is 9.47 Å². The number of hydrogen-bond donors (Lipinski definition) is 1. The van der Waals surface area contributed by atoms with Crippen molar-refractivity contribution in [3.8, 4) is 11.5 Å². The van der Waals surface area contributed by atoms with E-state index in [1.54, 1.807) is 6.92 Å². The van der Waals surface area contributed by atoms with E-state index in [2.05, 4.69) is 11.4 Å². The van der Waals surface area contributed by atoms with E-state index in [0.717, 1.165) is 11.1 Å². The normalized spacial score (nSPS) is 11.7. The van der Waals surface area contributed by atoms with Gasteiger partial charge in [0, 0.05) is 0 Å². The summed E-state index contributed by atoms with van der Waals surface area (Å²) in [7, 11) is 0. The minimum atomic E-state index is -0.553. The Bertz CT molecular complexity index is 833. The maximum absolute atomic E-state index is 12.0. The monoisotopic (exact) mass is 335 g/mol. The summed E-state index contributed by atoms with van der Waals surface area (Å²) in [4.78, 5) is 12.0. The van der Waals surface area contributed by atoms with Crippen LogP contribution in [-0.2, 0) is 4.79 Å². The second kappa shape index (κ2) is 8.20. The molecule has 0 fully saturated rings. The average Bonchev–Trinajstić information content (AvgIpc) is 2.65. The Morgan fingerprint density at radius 1 is 0.920 bits per heavy atom. The molecule has 3 rings (SSSR count). The molecular formula is C21H21NO3. The molecule has 1 amide bonds. The Hall–Kier alpha value is -3.01. The quantitative estimate of drug-likeness (QED) is 0.668. The minimum Gasteiger partial charge on any atom is -0.492 e. The van der Waals surface area contributed by atoms with Crippen molar-refractivity contribution < 1.29 is 14.3 Å². The number of ether oxygens (including phenoxy) is 2. The lowest BCUT2D eigenvalue weighted by molar-refractivity contribution is -0.127. The molecule has 0 saturated carbocycles. The Kier molecular flexibility index (Phi) is 5.52. The van der Waals surface area contributed by atoms with Crippen LogP contribution in [0.1, 0.15) is 6.92 Å². The van der Waals surface area contributed by atoms with E-state index in [9.17, 15) is 4.79 Å². The van der Waals surface area contributed by atoms with Gasteiger partial charge in [0.05, 0.1) is 6.54 Å². The molecule has 0 aliphatic heterocycles. The molecule has 3 aromatic carbocycles. The van der Waals surface area contributed by atoms with Crippen LogP contribution in [0.25, 0.3) is 10.8 Å². The molecule has 0 aromatic heterocycles. The smallest absolute Gasteiger partial charge is 0.260 e. The number of amides is 1. The van der Waals surface area contributed by atoms with E-state index in [1.807, 2.05) is 66.7 Å². The van der Waals surface area contributed by atoms with Gasteiger partial charge >= 0.3 is 0 Å². The molecule has 25 heavy (non-hydrogen) atoms. The lowest BCUT2D eigenvalue weighted by atomic mass is 10.1. The van der Waals surface area contributed by atoms with E-state index >= 15 is 0 Å². The van der Waals surface area contributed by atoms with Gasteiger partial charge in [-0.25, -0.2) is 0 Å². The first-order valence-electron chi connectivity index (χ1n) is 8.33. The van der Waals surface area contributed by atoms with Crippen molar-refractivity contribution in [1.82, 2.24) is 5.32 Å². The highest BCUT2D eigenvalue weighted by Crippen LogP contribution is 2.20. The van der Waals surface area contributed by atoms with Gasteiger partial charge in [-0.05, 0) is 42.0 Å². The van der Waals surface area contributed by atoms with Crippen LogP contribution in [0.2, 0.25) is 0 Å². The first kappa shape index (κ1) is 16.8. The summed E-state index contributed by atoms with van der Waals surface area (Å²) in [5.74, 6) is 1.31. The van der Waals surface area contributed by atoms with Gasteiger partial charge in [0.1, 0.15) is 18.1 Å². The van der Waals surface area contributed by atoms with Crippen LogP contribution in [0.4, 0.5) is 0 Å². The van der Waals surface area contributed by atoms with Gasteiger partial charge in [0.15, 0.2) is 6.10 Å². The molecule has 3 aromatic rings. The number of benzene rings is 3. The van der Waals surface area contributed by atoms with Crippen molar-refractivity contribution in [3.63, 3.8) is 0 Å². The van der Waals surface area contributed by atoms with Crippen molar-refractivity contribution in [2.75, 3.05) is 13.2 Å². The molecule has 0 spiro atoms. The summed E-state index contributed by atoms with van der Waals surface area (Å²) in [6.45, 7) is 2.56. The molecule has 0 aliphatic rings. The van der Waals surface area contributed by atoms with Crippen molar-refractivity contribution in [1.29, 1.82) is 0 Å². The number of nitrogens with one attached hydrogen (secondary N) is 1. The molecule has 0 unspecified atom stereocenters. The summed E-state index contributed by atoms with van der Waals surface area (Å²) in [6.07, 6.45) is -0.553. The van der Waals surface area contributed by atoms with E-state index in [0.29, 0.717) is 18.9 Å². The zero-order valence-electron chi connectivity index (χ0n) is 14.1. The van der Waals surface area contributed by atoms with Gasteiger partial charge < -0.3 is 14.8 Å². The lowest BCUT2D eigenvalue weighted by Gasteiger charge is -2.15. The van der Waals surface area contributed by atoms with Crippen LogP contribution < -0.4 is 14.8 Å². The first-order chi connectivity index (χ1) is 12.2. The zero-order valence-corrected chi connectivity index (χ0v) is 14.1. The molecule has 0 saturated heterocycles. The molecular weight excluding hydrogens is 314 g/mol. The number of carbonyl (C=O) groups excluding carboxylic acids is 1. The van der Waals surface area contributed by atoms with Gasteiger partial charge in [-0.2, -0.15) is 0 Å². The molecule has 1 N–H and O–H groups in total. The number of fused-ring (bicyclic) bond motifs is 1. The van der Waals surface area contributed by atoms with Gasteiger partial charge in [0.2, 0.25) is 0 Å². The van der Waals surface area contributed by atoms with Gasteiger partial charge in [0.25, 0.3) is 5.91 Å². The Morgan fingerprint density at radius 3 is 2.44 bits per heavy atom. The van der Waals surface area contributed by atoms with Crippen molar-refractivity contribution >= 4 is 16.7 Å². The Labute approximate surface area is 147 Å². The van der Waals surface area contributed by atoms with Crippen LogP contribution in [0.5, 0.6) is 11.5 Å².